The van der Waals surface area contributed by atoms with Crippen LogP contribution in [-0.2, 0) is 6.54 Å². The molecule has 0 bridgehead atoms. The summed E-state index contributed by atoms with van der Waals surface area (Å²) in [5, 5.41) is 3.50. The van der Waals surface area contributed by atoms with Crippen LogP contribution in [0, 0.1) is 11.8 Å². The maximum absolute atomic E-state index is 4.40. The minimum atomic E-state index is 0.665. The summed E-state index contributed by atoms with van der Waals surface area (Å²) in [7, 11) is 0. The fourth-order valence-corrected chi connectivity index (χ4v) is 2.88. The average molecular weight is 249 g/mol. The van der Waals surface area contributed by atoms with E-state index in [0.29, 0.717) is 5.92 Å². The molecule has 0 aliphatic heterocycles. The van der Waals surface area contributed by atoms with Gasteiger partial charge in [-0.3, -0.25) is 0 Å². The molecule has 0 aromatic carbocycles. The molecule has 1 aromatic heterocycles. The first-order valence-corrected chi connectivity index (χ1v) is 7.50. The molecule has 18 heavy (non-hydrogen) atoms. The Balaban J connectivity index is 1.74. The highest BCUT2D eigenvalue weighted by atomic mass is 15.2. The predicted octanol–water partition coefficient (Wildman–Crippen LogP) is 3.92. The molecule has 0 spiro atoms. The molecule has 1 fully saturated rings. The summed E-state index contributed by atoms with van der Waals surface area (Å²) in [5.74, 6) is 2.65. The van der Waals surface area contributed by atoms with Crippen molar-refractivity contribution in [3.05, 3.63) is 12.4 Å². The molecule has 3 heteroatoms. The van der Waals surface area contributed by atoms with E-state index in [0.717, 1.165) is 25.0 Å². The van der Waals surface area contributed by atoms with Crippen molar-refractivity contribution in [3.8, 4) is 0 Å². The second kappa shape index (κ2) is 6.81. The highest BCUT2D eigenvalue weighted by molar-refractivity contribution is 5.25. The van der Waals surface area contributed by atoms with Crippen molar-refractivity contribution in [2.24, 2.45) is 11.8 Å². The van der Waals surface area contributed by atoms with Crippen LogP contribution in [0.3, 0.4) is 0 Å². The lowest BCUT2D eigenvalue weighted by Crippen LogP contribution is -2.15. The standard InChI is InChI=1S/C15H27N3/c1-13(2)12-18-11-10-17-15(18)16-9-8-14-6-4-3-5-7-14/h10-11,13-14H,3-9,12H2,1-2H3,(H,16,17). The van der Waals surface area contributed by atoms with E-state index in [-0.39, 0.29) is 0 Å². The zero-order valence-corrected chi connectivity index (χ0v) is 11.9. The predicted molar refractivity (Wildman–Crippen MR) is 76.7 cm³/mol. The minimum Gasteiger partial charge on any atom is -0.356 e. The summed E-state index contributed by atoms with van der Waals surface area (Å²) in [6, 6.07) is 0. The third-order valence-electron chi connectivity index (χ3n) is 3.84. The normalized spacial score (nSPS) is 17.3. The molecule has 3 nitrogen and oxygen atoms in total. The summed E-state index contributed by atoms with van der Waals surface area (Å²) in [4.78, 5) is 4.40. The molecular formula is C15H27N3. The molecular weight excluding hydrogens is 222 g/mol. The van der Waals surface area contributed by atoms with Crippen molar-refractivity contribution >= 4 is 5.95 Å². The minimum absolute atomic E-state index is 0.665. The number of nitrogens with zero attached hydrogens (tertiary/aromatic N) is 2. The van der Waals surface area contributed by atoms with Gasteiger partial charge >= 0.3 is 0 Å². The van der Waals surface area contributed by atoms with E-state index < -0.39 is 0 Å². The molecule has 1 aromatic rings. The summed E-state index contributed by atoms with van der Waals surface area (Å²) in [6.45, 7) is 6.60. The fourth-order valence-electron chi connectivity index (χ4n) is 2.88. The van der Waals surface area contributed by atoms with E-state index in [1.807, 2.05) is 6.20 Å². The number of rotatable bonds is 6. The van der Waals surface area contributed by atoms with Crippen LogP contribution in [0.15, 0.2) is 12.4 Å². The third-order valence-corrected chi connectivity index (χ3v) is 3.84. The van der Waals surface area contributed by atoms with Crippen molar-refractivity contribution in [1.29, 1.82) is 0 Å². The van der Waals surface area contributed by atoms with Crippen molar-refractivity contribution in [1.82, 2.24) is 9.55 Å². The Hall–Kier alpha value is -0.990. The molecule has 2 rings (SSSR count). The van der Waals surface area contributed by atoms with Crippen LogP contribution in [0.25, 0.3) is 0 Å². The first kappa shape index (κ1) is 13.4. The Kier molecular flexibility index (Phi) is 5.09. The van der Waals surface area contributed by atoms with Gasteiger partial charge in [-0.25, -0.2) is 4.98 Å². The van der Waals surface area contributed by atoms with Crippen LogP contribution < -0.4 is 5.32 Å². The molecule has 0 amide bonds. The zero-order valence-electron chi connectivity index (χ0n) is 11.9. The molecule has 0 saturated heterocycles. The number of nitrogens with one attached hydrogen (secondary N) is 1. The van der Waals surface area contributed by atoms with Gasteiger partial charge in [0.05, 0.1) is 0 Å². The number of hydrogen-bond acceptors (Lipinski definition) is 2. The van der Waals surface area contributed by atoms with Crippen molar-refractivity contribution in [2.45, 2.75) is 58.9 Å². The highest BCUT2D eigenvalue weighted by Crippen LogP contribution is 2.26. The average Bonchev–Trinajstić information content (AvgIpc) is 2.77. The third kappa shape index (κ3) is 4.04. The van der Waals surface area contributed by atoms with E-state index in [1.54, 1.807) is 0 Å². The molecule has 0 atom stereocenters. The van der Waals surface area contributed by atoms with Gasteiger partial charge in [-0.05, 0) is 18.3 Å². The van der Waals surface area contributed by atoms with Crippen LogP contribution >= 0.6 is 0 Å². The van der Waals surface area contributed by atoms with E-state index in [4.69, 9.17) is 0 Å². The molecule has 1 N–H and O–H groups in total. The van der Waals surface area contributed by atoms with E-state index in [2.05, 4.69) is 34.9 Å². The van der Waals surface area contributed by atoms with Gasteiger partial charge in [0.15, 0.2) is 0 Å². The molecule has 1 aliphatic rings. The first-order chi connectivity index (χ1) is 8.75. The Morgan fingerprint density at radius 2 is 2.11 bits per heavy atom. The number of imidazole rings is 1. The Morgan fingerprint density at radius 3 is 2.83 bits per heavy atom. The van der Waals surface area contributed by atoms with E-state index >= 15 is 0 Å². The molecule has 1 heterocycles. The molecule has 0 unspecified atom stereocenters. The molecule has 1 aliphatic carbocycles. The molecule has 1 saturated carbocycles. The van der Waals surface area contributed by atoms with Crippen LogP contribution in [-0.4, -0.2) is 16.1 Å². The summed E-state index contributed by atoms with van der Waals surface area (Å²) in [6.07, 6.45) is 12.5. The largest absolute Gasteiger partial charge is 0.356 e. The van der Waals surface area contributed by atoms with Crippen LogP contribution in [0.4, 0.5) is 5.95 Å². The van der Waals surface area contributed by atoms with E-state index in [1.165, 1.54) is 38.5 Å². The molecule has 0 radical (unpaired) electrons. The Morgan fingerprint density at radius 1 is 1.33 bits per heavy atom. The van der Waals surface area contributed by atoms with Gasteiger partial charge in [0.1, 0.15) is 0 Å². The van der Waals surface area contributed by atoms with Gasteiger partial charge in [-0.1, -0.05) is 46.0 Å². The summed E-state index contributed by atoms with van der Waals surface area (Å²) in [5.41, 5.74) is 0. The zero-order chi connectivity index (χ0) is 12.8. The summed E-state index contributed by atoms with van der Waals surface area (Å²) < 4.78 is 2.23. The van der Waals surface area contributed by atoms with Crippen molar-refractivity contribution in [3.63, 3.8) is 0 Å². The first-order valence-electron chi connectivity index (χ1n) is 7.50. The Labute approximate surface area is 111 Å². The maximum Gasteiger partial charge on any atom is 0.202 e. The fraction of sp³-hybridized carbons (Fsp3) is 0.800. The number of anilines is 1. The van der Waals surface area contributed by atoms with Crippen LogP contribution in [0.1, 0.15) is 52.4 Å². The Bertz CT molecular complexity index is 337. The van der Waals surface area contributed by atoms with Gasteiger partial charge < -0.3 is 9.88 Å². The monoisotopic (exact) mass is 249 g/mol. The van der Waals surface area contributed by atoms with E-state index in [9.17, 15) is 0 Å². The van der Waals surface area contributed by atoms with Gasteiger partial charge in [-0.15, -0.1) is 0 Å². The summed E-state index contributed by atoms with van der Waals surface area (Å²) >= 11 is 0. The van der Waals surface area contributed by atoms with Crippen molar-refractivity contribution in [2.75, 3.05) is 11.9 Å². The van der Waals surface area contributed by atoms with Gasteiger partial charge in [-0.2, -0.15) is 0 Å². The topological polar surface area (TPSA) is 29.9 Å². The van der Waals surface area contributed by atoms with Crippen LogP contribution in [0.2, 0.25) is 0 Å². The van der Waals surface area contributed by atoms with Crippen LogP contribution in [0.5, 0.6) is 0 Å². The van der Waals surface area contributed by atoms with Gasteiger partial charge in [0, 0.05) is 25.5 Å². The number of aromatic nitrogens is 2. The SMILES string of the molecule is CC(C)Cn1ccnc1NCCC1CCCCC1. The second-order valence-corrected chi connectivity index (χ2v) is 6.02. The van der Waals surface area contributed by atoms with Crippen molar-refractivity contribution < 1.29 is 0 Å². The lowest BCUT2D eigenvalue weighted by atomic mass is 9.87. The number of hydrogen-bond donors (Lipinski definition) is 1. The maximum atomic E-state index is 4.40. The molecule has 102 valence electrons. The quantitative estimate of drug-likeness (QED) is 0.828. The lowest BCUT2D eigenvalue weighted by molar-refractivity contribution is 0.345. The highest BCUT2D eigenvalue weighted by Gasteiger charge is 2.13. The smallest absolute Gasteiger partial charge is 0.202 e. The van der Waals surface area contributed by atoms with Gasteiger partial charge in [0.25, 0.3) is 0 Å². The lowest BCUT2D eigenvalue weighted by Gasteiger charge is -2.21. The second-order valence-electron chi connectivity index (χ2n) is 6.02. The van der Waals surface area contributed by atoms with Gasteiger partial charge in [0.2, 0.25) is 5.95 Å².